The third-order valence-corrected chi connectivity index (χ3v) is 6.60. The van der Waals surface area contributed by atoms with Crippen molar-refractivity contribution in [3.05, 3.63) is 42.2 Å². The van der Waals surface area contributed by atoms with Crippen molar-refractivity contribution in [3.63, 3.8) is 0 Å². The van der Waals surface area contributed by atoms with Crippen LogP contribution in [-0.4, -0.2) is 89.4 Å². The number of rotatable bonds is 5. The van der Waals surface area contributed by atoms with E-state index in [4.69, 9.17) is 10.5 Å². The number of fused-ring (bicyclic) bond motifs is 1. The maximum Gasteiger partial charge on any atom is 0.256 e. The predicted molar refractivity (Wildman–Crippen MR) is 130 cm³/mol. The molecule has 1 aliphatic heterocycles. The number of imidazole rings is 1. The van der Waals surface area contributed by atoms with E-state index in [0.717, 1.165) is 19.3 Å². The van der Waals surface area contributed by atoms with E-state index < -0.39 is 30.4 Å². The number of nitrogens with one attached hydrogen (secondary N) is 1. The molecular weight excluding hydrogens is 480 g/mol. The Morgan fingerprint density at radius 2 is 2.11 bits per heavy atom. The topological polar surface area (TPSA) is 182 Å². The van der Waals surface area contributed by atoms with Gasteiger partial charge in [0.25, 0.3) is 11.8 Å². The number of carbonyl (C=O) groups is 2. The van der Waals surface area contributed by atoms with Crippen molar-refractivity contribution in [3.8, 4) is 11.8 Å². The number of aromatic nitrogens is 5. The Kier molecular flexibility index (Phi) is 6.70. The van der Waals surface area contributed by atoms with E-state index in [9.17, 15) is 19.8 Å². The van der Waals surface area contributed by atoms with Gasteiger partial charge in [-0.25, -0.2) is 15.0 Å². The Hall–Kier alpha value is -4.12. The summed E-state index contributed by atoms with van der Waals surface area (Å²) in [6, 6.07) is 3.55. The van der Waals surface area contributed by atoms with Crippen molar-refractivity contribution < 1.29 is 24.5 Å². The normalized spacial score (nSPS) is 23.2. The molecular formula is C24H26N8O5. The van der Waals surface area contributed by atoms with Crippen LogP contribution in [0.4, 0.5) is 5.82 Å². The Labute approximate surface area is 211 Å². The first kappa shape index (κ1) is 24.6. The zero-order valence-corrected chi connectivity index (χ0v) is 20.0. The van der Waals surface area contributed by atoms with Crippen LogP contribution in [-0.2, 0) is 9.53 Å². The second kappa shape index (κ2) is 10.1. The molecule has 1 aliphatic carbocycles. The molecule has 3 aromatic heterocycles. The summed E-state index contributed by atoms with van der Waals surface area (Å²) in [5.74, 6) is 5.27. The van der Waals surface area contributed by atoms with Crippen molar-refractivity contribution in [2.24, 2.45) is 0 Å². The number of pyridine rings is 1. The molecule has 2 aliphatic rings. The second-order valence-electron chi connectivity index (χ2n) is 8.86. The fourth-order valence-electron chi connectivity index (χ4n) is 4.35. The highest BCUT2D eigenvalue weighted by Gasteiger charge is 2.47. The number of amides is 2. The molecule has 4 heterocycles. The van der Waals surface area contributed by atoms with Crippen LogP contribution < -0.4 is 11.1 Å². The monoisotopic (exact) mass is 506 g/mol. The molecule has 0 unspecified atom stereocenters. The lowest BCUT2D eigenvalue weighted by Crippen LogP contribution is -2.44. The number of anilines is 1. The molecule has 0 spiro atoms. The molecule has 5 rings (SSSR count). The summed E-state index contributed by atoms with van der Waals surface area (Å²) in [4.78, 5) is 43.6. The van der Waals surface area contributed by atoms with Gasteiger partial charge < -0.3 is 30.9 Å². The molecule has 0 aromatic carbocycles. The van der Waals surface area contributed by atoms with Gasteiger partial charge in [-0.05, 0) is 37.3 Å². The third-order valence-electron chi connectivity index (χ3n) is 6.60. The fraction of sp³-hybridized carbons (Fsp3) is 0.417. The van der Waals surface area contributed by atoms with E-state index >= 15 is 0 Å². The van der Waals surface area contributed by atoms with Crippen LogP contribution in [0.3, 0.4) is 0 Å². The lowest BCUT2D eigenvalue weighted by Gasteiger charge is -2.36. The van der Waals surface area contributed by atoms with Gasteiger partial charge in [-0.3, -0.25) is 19.1 Å². The van der Waals surface area contributed by atoms with Gasteiger partial charge in [0.1, 0.15) is 17.7 Å². The van der Waals surface area contributed by atoms with Crippen LogP contribution in [0.15, 0.2) is 30.9 Å². The van der Waals surface area contributed by atoms with Crippen LogP contribution >= 0.6 is 0 Å². The molecule has 0 radical (unpaired) electrons. The molecule has 13 nitrogen and oxygen atoms in total. The number of ether oxygens (including phenoxy) is 1. The molecule has 5 N–H and O–H groups in total. The number of nitrogen functional groups attached to an aromatic ring is 1. The SMILES string of the molecule is CNC(=O)[C@H]1O[C@@H](n2cnc3c(N)nc(C#CCN(C(=O)c4cccnc4)C4CCC4)nc32)[C@H](O)[C@@H]1O. The summed E-state index contributed by atoms with van der Waals surface area (Å²) < 4.78 is 7.00. The van der Waals surface area contributed by atoms with E-state index in [1.54, 1.807) is 23.2 Å². The molecule has 3 aromatic rings. The van der Waals surface area contributed by atoms with Crippen molar-refractivity contribution in [1.29, 1.82) is 0 Å². The van der Waals surface area contributed by atoms with Crippen LogP contribution in [0.1, 0.15) is 41.7 Å². The summed E-state index contributed by atoms with van der Waals surface area (Å²) >= 11 is 0. The van der Waals surface area contributed by atoms with Gasteiger partial charge in [-0.1, -0.05) is 5.92 Å². The smallest absolute Gasteiger partial charge is 0.256 e. The maximum atomic E-state index is 13.0. The Balaban J connectivity index is 1.40. The predicted octanol–water partition coefficient (Wildman–Crippen LogP) is -0.785. The summed E-state index contributed by atoms with van der Waals surface area (Å²) in [6.45, 7) is 0.170. The first-order chi connectivity index (χ1) is 17.9. The minimum atomic E-state index is -1.45. The van der Waals surface area contributed by atoms with Crippen LogP contribution in [0, 0.1) is 11.8 Å². The van der Waals surface area contributed by atoms with E-state index in [2.05, 4.69) is 37.1 Å². The number of likely N-dealkylation sites (N-methyl/N-ethyl adjacent to an activating group) is 1. The average molecular weight is 507 g/mol. The van der Waals surface area contributed by atoms with Gasteiger partial charge in [0.2, 0.25) is 5.82 Å². The standard InChI is InChI=1S/C24H26N8O5/c1-26-22(35)19-17(33)18(34)24(37-19)32-12-28-16-20(25)29-15(30-21(16)32)8-4-10-31(14-6-2-7-14)23(36)13-5-3-9-27-11-13/h3,5,9,11-12,14,17-19,24,33-34H,2,6-7,10H2,1H3,(H,26,35)(H2,25,29,30)/t17-,18+,19-,24+/m0/s1. The first-order valence-electron chi connectivity index (χ1n) is 11.8. The minimum Gasteiger partial charge on any atom is -0.387 e. The molecule has 37 heavy (non-hydrogen) atoms. The molecule has 192 valence electrons. The van der Waals surface area contributed by atoms with Gasteiger partial charge in [0.15, 0.2) is 23.8 Å². The summed E-state index contributed by atoms with van der Waals surface area (Å²) in [5, 5.41) is 23.2. The largest absolute Gasteiger partial charge is 0.387 e. The highest BCUT2D eigenvalue weighted by Crippen LogP contribution is 2.32. The van der Waals surface area contributed by atoms with Crippen LogP contribution in [0.5, 0.6) is 0 Å². The van der Waals surface area contributed by atoms with Crippen molar-refractivity contribution in [1.82, 2.24) is 34.7 Å². The lowest BCUT2D eigenvalue weighted by molar-refractivity contribution is -0.137. The molecule has 4 atom stereocenters. The quantitative estimate of drug-likeness (QED) is 0.320. The summed E-state index contributed by atoms with van der Waals surface area (Å²) in [7, 11) is 1.40. The molecule has 2 amide bonds. The van der Waals surface area contributed by atoms with E-state index in [1.807, 2.05) is 0 Å². The van der Waals surface area contributed by atoms with Crippen molar-refractivity contribution in [2.45, 2.75) is 49.8 Å². The molecule has 1 saturated carbocycles. The van der Waals surface area contributed by atoms with Gasteiger partial charge in [-0.2, -0.15) is 0 Å². The summed E-state index contributed by atoms with van der Waals surface area (Å²) in [5.41, 5.74) is 7.04. The van der Waals surface area contributed by atoms with Crippen LogP contribution in [0.25, 0.3) is 11.2 Å². The number of nitrogens with two attached hydrogens (primary N) is 1. The Morgan fingerprint density at radius 1 is 1.30 bits per heavy atom. The highest BCUT2D eigenvalue weighted by molar-refractivity contribution is 5.94. The number of hydrogen-bond donors (Lipinski definition) is 4. The number of carbonyl (C=O) groups excluding carboxylic acids is 2. The molecule has 1 saturated heterocycles. The summed E-state index contributed by atoms with van der Waals surface area (Å²) in [6.07, 6.45) is 2.09. The van der Waals surface area contributed by atoms with Crippen LogP contribution in [0.2, 0.25) is 0 Å². The fourth-order valence-corrected chi connectivity index (χ4v) is 4.35. The van der Waals surface area contributed by atoms with Gasteiger partial charge in [0, 0.05) is 25.5 Å². The number of aliphatic hydroxyl groups is 2. The number of aliphatic hydroxyl groups excluding tert-OH is 2. The molecule has 13 heteroatoms. The van der Waals surface area contributed by atoms with Gasteiger partial charge in [0.05, 0.1) is 18.4 Å². The Bertz CT molecular complexity index is 1380. The first-order valence-corrected chi connectivity index (χ1v) is 11.8. The van der Waals surface area contributed by atoms with E-state index in [1.165, 1.54) is 24.1 Å². The molecule has 0 bridgehead atoms. The van der Waals surface area contributed by atoms with E-state index in [0.29, 0.717) is 5.56 Å². The zero-order valence-electron chi connectivity index (χ0n) is 20.0. The molecule has 2 fully saturated rings. The van der Waals surface area contributed by atoms with E-state index in [-0.39, 0.29) is 41.3 Å². The highest BCUT2D eigenvalue weighted by atomic mass is 16.6. The second-order valence-corrected chi connectivity index (χ2v) is 8.86. The minimum absolute atomic E-state index is 0.0613. The maximum absolute atomic E-state index is 13.0. The average Bonchev–Trinajstić information content (AvgIpc) is 3.43. The number of hydrogen-bond acceptors (Lipinski definition) is 10. The van der Waals surface area contributed by atoms with Gasteiger partial charge >= 0.3 is 0 Å². The number of nitrogens with zero attached hydrogens (tertiary/aromatic N) is 6. The Morgan fingerprint density at radius 3 is 2.78 bits per heavy atom. The zero-order chi connectivity index (χ0) is 26.1. The lowest BCUT2D eigenvalue weighted by atomic mass is 9.91. The van der Waals surface area contributed by atoms with Crippen molar-refractivity contribution in [2.75, 3.05) is 19.3 Å². The van der Waals surface area contributed by atoms with Crippen molar-refractivity contribution >= 4 is 28.8 Å². The third kappa shape index (κ3) is 4.57. The van der Waals surface area contributed by atoms with Gasteiger partial charge in [-0.15, -0.1) is 0 Å².